The molecule has 0 radical (unpaired) electrons. The average Bonchev–Trinajstić information content (AvgIpc) is 2.56. The Balaban J connectivity index is 2.75. The predicted octanol–water partition coefficient (Wildman–Crippen LogP) is 2.23. The first kappa shape index (κ1) is 24.0. The normalized spacial score (nSPS) is 19.1. The summed E-state index contributed by atoms with van der Waals surface area (Å²) in [5.74, 6) is 0.837. The minimum absolute atomic E-state index is 0.0836. The number of hydrogen-bond acceptors (Lipinski definition) is 4. The highest BCUT2D eigenvalue weighted by Crippen LogP contribution is 2.19. The van der Waals surface area contributed by atoms with Gasteiger partial charge in [-0.3, -0.25) is 9.79 Å². The van der Waals surface area contributed by atoms with Gasteiger partial charge in [-0.05, 0) is 52.9 Å². The average molecular weight is 398 g/mol. The lowest BCUT2D eigenvalue weighted by molar-refractivity contribution is -0.119. The van der Waals surface area contributed by atoms with E-state index < -0.39 is 11.7 Å². The lowest BCUT2D eigenvalue weighted by atomic mass is 9.95. The molecule has 0 aliphatic carbocycles. The molecular weight excluding hydrogens is 358 g/mol. The highest BCUT2D eigenvalue weighted by molar-refractivity contribution is 5.80. The van der Waals surface area contributed by atoms with Gasteiger partial charge in [0.05, 0.1) is 12.6 Å². The zero-order chi connectivity index (χ0) is 21.2. The van der Waals surface area contributed by atoms with Crippen LogP contribution in [0.5, 0.6) is 0 Å². The number of alkyl carbamates (subject to hydrolysis) is 1. The molecule has 1 aliphatic rings. The summed E-state index contributed by atoms with van der Waals surface area (Å²) in [6, 6.07) is -0.0836. The molecule has 0 bridgehead atoms. The van der Waals surface area contributed by atoms with E-state index >= 15 is 0 Å². The van der Waals surface area contributed by atoms with Gasteiger partial charge in [0.15, 0.2) is 5.96 Å². The number of ether oxygens (including phenoxy) is 1. The van der Waals surface area contributed by atoms with Crippen molar-refractivity contribution < 1.29 is 14.3 Å². The summed E-state index contributed by atoms with van der Waals surface area (Å²) in [7, 11) is 0. The molecule has 0 aromatic carbocycles. The maximum Gasteiger partial charge on any atom is 0.407 e. The van der Waals surface area contributed by atoms with Crippen molar-refractivity contribution >= 4 is 18.0 Å². The fourth-order valence-corrected chi connectivity index (χ4v) is 3.36. The van der Waals surface area contributed by atoms with E-state index in [4.69, 9.17) is 15.5 Å². The zero-order valence-electron chi connectivity index (χ0n) is 18.2. The molecule has 0 aromatic rings. The molecule has 1 saturated heterocycles. The van der Waals surface area contributed by atoms with Crippen molar-refractivity contribution in [1.29, 1.82) is 0 Å². The number of nitrogens with two attached hydrogens (primary N) is 1. The van der Waals surface area contributed by atoms with Gasteiger partial charge in [-0.15, -0.1) is 0 Å². The molecule has 8 nitrogen and oxygen atoms in total. The van der Waals surface area contributed by atoms with Crippen molar-refractivity contribution in [2.75, 3.05) is 26.2 Å². The Kier molecular flexibility index (Phi) is 10.1. The highest BCUT2D eigenvalue weighted by Gasteiger charge is 2.24. The lowest BCUT2D eigenvalue weighted by Gasteiger charge is -2.35. The molecule has 28 heavy (non-hydrogen) atoms. The van der Waals surface area contributed by atoms with Crippen LogP contribution in [0.3, 0.4) is 0 Å². The number of piperidine rings is 1. The Labute approximate surface area is 169 Å². The van der Waals surface area contributed by atoms with E-state index in [1.165, 1.54) is 0 Å². The second kappa shape index (κ2) is 11.8. The third kappa shape index (κ3) is 9.80. The molecule has 1 fully saturated rings. The fraction of sp³-hybridized carbons (Fsp3) is 0.850. The van der Waals surface area contributed by atoms with Crippen molar-refractivity contribution in [3.8, 4) is 0 Å². The van der Waals surface area contributed by atoms with E-state index in [1.54, 1.807) is 0 Å². The Bertz CT molecular complexity index is 530. The van der Waals surface area contributed by atoms with Crippen molar-refractivity contribution in [2.45, 2.75) is 78.4 Å². The Hall–Kier alpha value is -1.99. The molecule has 162 valence electrons. The minimum Gasteiger partial charge on any atom is -0.444 e. The van der Waals surface area contributed by atoms with Crippen LogP contribution in [-0.2, 0) is 9.53 Å². The molecule has 2 unspecified atom stereocenters. The standard InChI is InChI=1S/C20H39N5O3/c1-6-9-16(24-19(27)28-20(3,4)5)13-23-18(22-7-2)25-11-8-10-15(14-25)12-17(21)26/h15-16H,6-14H2,1-5H3,(H2,21,26)(H,22,23)(H,24,27). The van der Waals surface area contributed by atoms with Gasteiger partial charge in [-0.2, -0.15) is 0 Å². The summed E-state index contributed by atoms with van der Waals surface area (Å²) in [6.07, 6.45) is 3.79. The van der Waals surface area contributed by atoms with Gasteiger partial charge in [0, 0.05) is 26.1 Å². The Morgan fingerprint density at radius 2 is 2.04 bits per heavy atom. The van der Waals surface area contributed by atoms with Crippen LogP contribution < -0.4 is 16.4 Å². The molecule has 4 N–H and O–H groups in total. The van der Waals surface area contributed by atoms with Crippen LogP contribution in [0.2, 0.25) is 0 Å². The van der Waals surface area contributed by atoms with Gasteiger partial charge < -0.3 is 26.0 Å². The Morgan fingerprint density at radius 1 is 1.32 bits per heavy atom. The predicted molar refractivity (Wildman–Crippen MR) is 112 cm³/mol. The van der Waals surface area contributed by atoms with E-state index in [0.717, 1.165) is 51.3 Å². The number of amides is 2. The van der Waals surface area contributed by atoms with Crippen LogP contribution >= 0.6 is 0 Å². The monoisotopic (exact) mass is 397 g/mol. The summed E-state index contributed by atoms with van der Waals surface area (Å²) < 4.78 is 5.37. The molecule has 1 aliphatic heterocycles. The summed E-state index contributed by atoms with van der Waals surface area (Å²) in [5.41, 5.74) is 4.84. The van der Waals surface area contributed by atoms with E-state index in [-0.39, 0.29) is 17.9 Å². The van der Waals surface area contributed by atoms with Crippen LogP contribution in [0.25, 0.3) is 0 Å². The largest absolute Gasteiger partial charge is 0.444 e. The fourth-order valence-electron chi connectivity index (χ4n) is 3.36. The Morgan fingerprint density at radius 3 is 2.61 bits per heavy atom. The van der Waals surface area contributed by atoms with Crippen molar-refractivity contribution in [2.24, 2.45) is 16.6 Å². The number of hydrogen-bond donors (Lipinski definition) is 3. The molecule has 2 amide bonds. The van der Waals surface area contributed by atoms with E-state index in [9.17, 15) is 9.59 Å². The van der Waals surface area contributed by atoms with Crippen molar-refractivity contribution in [1.82, 2.24) is 15.5 Å². The van der Waals surface area contributed by atoms with Crippen LogP contribution in [0, 0.1) is 5.92 Å². The van der Waals surface area contributed by atoms with E-state index in [0.29, 0.717) is 13.0 Å². The topological polar surface area (TPSA) is 109 Å². The maximum absolute atomic E-state index is 12.1. The van der Waals surface area contributed by atoms with E-state index in [1.807, 2.05) is 27.7 Å². The molecule has 8 heteroatoms. The van der Waals surface area contributed by atoms with Gasteiger partial charge in [-0.25, -0.2) is 4.79 Å². The number of aliphatic imine (C=N–C) groups is 1. The number of nitrogens with one attached hydrogen (secondary N) is 2. The molecular formula is C20H39N5O3. The summed E-state index contributed by atoms with van der Waals surface area (Å²) in [5, 5.41) is 6.27. The summed E-state index contributed by atoms with van der Waals surface area (Å²) >= 11 is 0. The first-order valence-corrected chi connectivity index (χ1v) is 10.5. The third-order valence-electron chi connectivity index (χ3n) is 4.46. The first-order valence-electron chi connectivity index (χ1n) is 10.5. The van der Waals surface area contributed by atoms with Crippen molar-refractivity contribution in [3.63, 3.8) is 0 Å². The van der Waals surface area contributed by atoms with Crippen LogP contribution in [0.4, 0.5) is 4.79 Å². The van der Waals surface area contributed by atoms with Gasteiger partial charge in [0.1, 0.15) is 5.60 Å². The molecule has 1 heterocycles. The quantitative estimate of drug-likeness (QED) is 0.430. The number of rotatable bonds is 8. The summed E-state index contributed by atoms with van der Waals surface area (Å²) in [4.78, 5) is 30.3. The van der Waals surface area contributed by atoms with Crippen molar-refractivity contribution in [3.05, 3.63) is 0 Å². The first-order chi connectivity index (χ1) is 13.1. The van der Waals surface area contributed by atoms with Crippen LogP contribution in [0.1, 0.15) is 66.7 Å². The number of likely N-dealkylation sites (tertiary alicyclic amines) is 1. The van der Waals surface area contributed by atoms with Crippen LogP contribution in [-0.4, -0.2) is 60.7 Å². The number of guanidine groups is 1. The van der Waals surface area contributed by atoms with Gasteiger partial charge in [-0.1, -0.05) is 13.3 Å². The van der Waals surface area contributed by atoms with Gasteiger partial charge in [0.2, 0.25) is 5.91 Å². The lowest BCUT2D eigenvalue weighted by Crippen LogP contribution is -2.48. The molecule has 0 saturated carbocycles. The SMILES string of the molecule is CCCC(CN=C(NCC)N1CCCC(CC(N)=O)C1)NC(=O)OC(C)(C)C. The number of nitrogens with zero attached hydrogens (tertiary/aromatic N) is 2. The smallest absolute Gasteiger partial charge is 0.407 e. The highest BCUT2D eigenvalue weighted by atomic mass is 16.6. The second-order valence-corrected chi connectivity index (χ2v) is 8.45. The molecule has 2 atom stereocenters. The number of carbonyl (C=O) groups is 2. The van der Waals surface area contributed by atoms with Gasteiger partial charge in [0.25, 0.3) is 0 Å². The van der Waals surface area contributed by atoms with Crippen LogP contribution in [0.15, 0.2) is 4.99 Å². The second-order valence-electron chi connectivity index (χ2n) is 8.45. The third-order valence-corrected chi connectivity index (χ3v) is 4.46. The van der Waals surface area contributed by atoms with Gasteiger partial charge >= 0.3 is 6.09 Å². The van der Waals surface area contributed by atoms with E-state index in [2.05, 4.69) is 22.5 Å². The maximum atomic E-state index is 12.1. The molecule has 0 aromatic heterocycles. The summed E-state index contributed by atoms with van der Waals surface area (Å²) in [6.45, 7) is 12.6. The number of primary amides is 1. The molecule has 1 rings (SSSR count). The number of carbonyl (C=O) groups excluding carboxylic acids is 2. The molecule has 0 spiro atoms. The minimum atomic E-state index is -0.526. The zero-order valence-corrected chi connectivity index (χ0v) is 18.2.